The van der Waals surface area contributed by atoms with E-state index < -0.39 is 0 Å². The molecule has 0 aliphatic carbocycles. The van der Waals surface area contributed by atoms with Crippen molar-refractivity contribution >= 4 is 16.6 Å². The topological polar surface area (TPSA) is 73.4 Å². The lowest BCUT2D eigenvalue weighted by Crippen LogP contribution is -2.30. The lowest BCUT2D eigenvalue weighted by molar-refractivity contribution is 0.340. The fourth-order valence-electron chi connectivity index (χ4n) is 4.34. The molecule has 2 aromatic carbocycles. The van der Waals surface area contributed by atoms with Crippen molar-refractivity contribution in [2.75, 3.05) is 24.6 Å². The molecule has 0 radical (unpaired) electrons. The van der Waals surface area contributed by atoms with Crippen molar-refractivity contribution in [2.24, 2.45) is 7.05 Å². The number of pyridine rings is 1. The van der Waals surface area contributed by atoms with Crippen LogP contribution in [0.5, 0.6) is 5.75 Å². The van der Waals surface area contributed by atoms with Gasteiger partial charge in [-0.1, -0.05) is 5.16 Å². The lowest BCUT2D eigenvalue weighted by Gasteiger charge is -2.29. The Bertz CT molecular complexity index is 1350. The molecule has 1 saturated heterocycles. The van der Waals surface area contributed by atoms with Crippen LogP contribution < -0.4 is 15.1 Å². The Hall–Kier alpha value is -3.68. The van der Waals surface area contributed by atoms with Crippen LogP contribution in [0.15, 0.2) is 51.9 Å². The van der Waals surface area contributed by atoms with E-state index in [1.807, 2.05) is 38.2 Å². The molecule has 0 spiro atoms. The van der Waals surface area contributed by atoms with E-state index in [2.05, 4.69) is 15.0 Å². The van der Waals surface area contributed by atoms with Crippen molar-refractivity contribution in [3.63, 3.8) is 0 Å². The number of ether oxygens (including phenoxy) is 1. The smallest absolute Gasteiger partial charge is 0.263 e. The number of aryl methyl sites for hydroxylation is 1. The molecule has 8 heteroatoms. The second-order valence-electron chi connectivity index (χ2n) is 8.23. The Morgan fingerprint density at radius 2 is 1.88 bits per heavy atom. The van der Waals surface area contributed by atoms with Crippen LogP contribution in [0.2, 0.25) is 0 Å². The predicted molar refractivity (Wildman–Crippen MR) is 125 cm³/mol. The highest BCUT2D eigenvalue weighted by molar-refractivity contribution is 5.86. The van der Waals surface area contributed by atoms with Gasteiger partial charge in [0.1, 0.15) is 17.1 Å². The van der Waals surface area contributed by atoms with Gasteiger partial charge in [-0.3, -0.25) is 4.79 Å². The van der Waals surface area contributed by atoms with Crippen LogP contribution in [-0.4, -0.2) is 34.4 Å². The summed E-state index contributed by atoms with van der Waals surface area (Å²) in [6.07, 6.45) is 4.92. The van der Waals surface area contributed by atoms with E-state index in [9.17, 15) is 4.79 Å². The minimum absolute atomic E-state index is 0.0990. The summed E-state index contributed by atoms with van der Waals surface area (Å²) < 4.78 is 27.7. The largest absolute Gasteiger partial charge is 0.494 e. The molecular formula is C25H25FN4O3. The van der Waals surface area contributed by atoms with Crippen LogP contribution in [-0.2, 0) is 7.05 Å². The summed E-state index contributed by atoms with van der Waals surface area (Å²) in [5, 5.41) is 4.31. The predicted octanol–water partition coefficient (Wildman–Crippen LogP) is 4.78. The van der Waals surface area contributed by atoms with Crippen molar-refractivity contribution in [3.05, 3.63) is 58.6 Å². The molecule has 0 amide bonds. The highest BCUT2D eigenvalue weighted by Crippen LogP contribution is 2.29. The Labute approximate surface area is 190 Å². The van der Waals surface area contributed by atoms with Crippen molar-refractivity contribution in [2.45, 2.75) is 26.2 Å². The normalized spacial score (nSPS) is 14.1. The van der Waals surface area contributed by atoms with Crippen molar-refractivity contribution in [1.29, 1.82) is 0 Å². The molecule has 1 fully saturated rings. The zero-order valence-corrected chi connectivity index (χ0v) is 18.7. The Morgan fingerprint density at radius 1 is 1.12 bits per heavy atom. The number of benzene rings is 2. The second kappa shape index (κ2) is 8.69. The zero-order valence-electron chi connectivity index (χ0n) is 18.7. The van der Waals surface area contributed by atoms with Gasteiger partial charge in [-0.25, -0.2) is 4.39 Å². The molecule has 170 valence electrons. The molecule has 2 aromatic heterocycles. The van der Waals surface area contributed by atoms with E-state index >= 15 is 4.39 Å². The quantitative estimate of drug-likeness (QED) is 0.437. The highest BCUT2D eigenvalue weighted by atomic mass is 19.1. The standard InChI is InChI=1S/C25H25FN4O3/c1-3-32-17-9-7-16(8-10-17)24-27-25(33-28-24)19-15-29(2)21-14-22(30-11-5-4-6-12-30)20(26)13-18(21)23(19)31/h7-10,13-15H,3-6,11-12H2,1-2H3. The molecule has 0 saturated carbocycles. The monoisotopic (exact) mass is 448 g/mol. The fourth-order valence-corrected chi connectivity index (χ4v) is 4.34. The van der Waals surface area contributed by atoms with Gasteiger partial charge in [0.2, 0.25) is 11.3 Å². The third-order valence-electron chi connectivity index (χ3n) is 6.03. The Morgan fingerprint density at radius 3 is 2.61 bits per heavy atom. The number of aromatic nitrogens is 3. The first-order valence-corrected chi connectivity index (χ1v) is 11.2. The number of anilines is 1. The van der Waals surface area contributed by atoms with Gasteiger partial charge < -0.3 is 18.7 Å². The molecule has 1 aliphatic heterocycles. The Balaban J connectivity index is 1.53. The van der Waals surface area contributed by atoms with Crippen LogP contribution in [0.1, 0.15) is 26.2 Å². The number of rotatable bonds is 5. The van der Waals surface area contributed by atoms with Crippen LogP contribution in [0.25, 0.3) is 33.7 Å². The van der Waals surface area contributed by atoms with Gasteiger partial charge in [0.15, 0.2) is 0 Å². The molecule has 3 heterocycles. The average Bonchev–Trinajstić information content (AvgIpc) is 3.32. The summed E-state index contributed by atoms with van der Waals surface area (Å²) >= 11 is 0. The van der Waals surface area contributed by atoms with Crippen LogP contribution in [0, 0.1) is 5.82 Å². The minimum Gasteiger partial charge on any atom is -0.494 e. The van der Waals surface area contributed by atoms with Gasteiger partial charge in [0.05, 0.1) is 17.8 Å². The second-order valence-corrected chi connectivity index (χ2v) is 8.23. The van der Waals surface area contributed by atoms with Crippen LogP contribution in [0.3, 0.4) is 0 Å². The molecule has 0 unspecified atom stereocenters. The summed E-state index contributed by atoms with van der Waals surface area (Å²) in [5.74, 6) is 0.822. The van der Waals surface area contributed by atoms with E-state index in [4.69, 9.17) is 9.26 Å². The third kappa shape index (κ3) is 3.97. The van der Waals surface area contributed by atoms with Crippen molar-refractivity contribution < 1.29 is 13.7 Å². The zero-order chi connectivity index (χ0) is 22.9. The molecule has 33 heavy (non-hydrogen) atoms. The lowest BCUT2D eigenvalue weighted by atomic mass is 10.1. The van der Waals surface area contributed by atoms with E-state index in [1.54, 1.807) is 16.8 Å². The molecule has 0 N–H and O–H groups in total. The maximum atomic E-state index is 15.0. The van der Waals surface area contributed by atoms with E-state index in [-0.39, 0.29) is 28.1 Å². The molecule has 0 bridgehead atoms. The number of nitrogens with zero attached hydrogens (tertiary/aromatic N) is 4. The van der Waals surface area contributed by atoms with Gasteiger partial charge in [-0.2, -0.15) is 4.98 Å². The van der Waals surface area contributed by atoms with E-state index in [0.29, 0.717) is 23.6 Å². The van der Waals surface area contributed by atoms with Gasteiger partial charge >= 0.3 is 0 Å². The van der Waals surface area contributed by atoms with Gasteiger partial charge in [0, 0.05) is 37.3 Å². The molecular weight excluding hydrogens is 423 g/mol. The fraction of sp³-hybridized carbons (Fsp3) is 0.320. The van der Waals surface area contributed by atoms with Gasteiger partial charge in [0.25, 0.3) is 5.89 Å². The molecule has 4 aromatic rings. The summed E-state index contributed by atoms with van der Waals surface area (Å²) in [5.41, 5.74) is 1.84. The molecule has 5 rings (SSSR count). The summed E-state index contributed by atoms with van der Waals surface area (Å²) in [6, 6.07) is 10.4. The van der Waals surface area contributed by atoms with E-state index in [1.165, 1.54) is 6.07 Å². The third-order valence-corrected chi connectivity index (χ3v) is 6.03. The summed E-state index contributed by atoms with van der Waals surface area (Å²) in [7, 11) is 1.83. The van der Waals surface area contributed by atoms with Gasteiger partial charge in [-0.15, -0.1) is 0 Å². The van der Waals surface area contributed by atoms with E-state index in [0.717, 1.165) is 43.7 Å². The minimum atomic E-state index is -0.390. The number of halogens is 1. The van der Waals surface area contributed by atoms with Crippen LogP contribution >= 0.6 is 0 Å². The highest BCUT2D eigenvalue weighted by Gasteiger charge is 2.21. The first-order valence-electron chi connectivity index (χ1n) is 11.2. The number of fused-ring (bicyclic) bond motifs is 1. The molecule has 1 aliphatic rings. The summed E-state index contributed by atoms with van der Waals surface area (Å²) in [6.45, 7) is 4.15. The van der Waals surface area contributed by atoms with Crippen molar-refractivity contribution in [3.8, 4) is 28.6 Å². The number of hydrogen-bond donors (Lipinski definition) is 0. The van der Waals surface area contributed by atoms with Crippen molar-refractivity contribution in [1.82, 2.24) is 14.7 Å². The maximum absolute atomic E-state index is 15.0. The summed E-state index contributed by atoms with van der Waals surface area (Å²) in [4.78, 5) is 19.7. The first-order chi connectivity index (χ1) is 16.0. The Kier molecular flexibility index (Phi) is 5.58. The SMILES string of the molecule is CCOc1ccc(-c2noc(-c3cn(C)c4cc(N5CCCCC5)c(F)cc4c3=O)n2)cc1. The molecule has 0 atom stereocenters. The van der Waals surface area contributed by atoms with Gasteiger partial charge in [-0.05, 0) is 62.6 Å². The number of hydrogen-bond acceptors (Lipinski definition) is 6. The van der Waals surface area contributed by atoms with Crippen LogP contribution in [0.4, 0.5) is 10.1 Å². The molecule has 7 nitrogen and oxygen atoms in total. The number of piperidine rings is 1. The first kappa shape index (κ1) is 21.2. The maximum Gasteiger partial charge on any atom is 0.263 e. The average molecular weight is 448 g/mol.